The Morgan fingerprint density at radius 1 is 0.821 bits per heavy atom. The average Bonchev–Trinajstić information content (AvgIpc) is 3.49. The standard InChI is InChI=1S/C12H9N.C5H2N4O.C2H2N2O/c1-3-7-11-9(5-1)10-6-2-4-8-12(10)13-11;10-4-2-1-3-5(6-4)8-9-7-3;1-3-4-2-5-1/h1-8,13H;1-2H;1-2H. The summed E-state index contributed by atoms with van der Waals surface area (Å²) >= 11 is 0. The van der Waals surface area contributed by atoms with Gasteiger partial charge in [-0.05, 0) is 23.4 Å². The minimum absolute atomic E-state index is 0.310. The second kappa shape index (κ2) is 7.96. The van der Waals surface area contributed by atoms with Crippen molar-refractivity contribution in [2.45, 2.75) is 0 Å². The van der Waals surface area contributed by atoms with Crippen LogP contribution in [0.2, 0.25) is 0 Å². The number of H-pyrrole nitrogens is 1. The van der Waals surface area contributed by atoms with Crippen molar-refractivity contribution in [1.29, 1.82) is 0 Å². The van der Waals surface area contributed by atoms with Crippen molar-refractivity contribution < 1.29 is 9.21 Å². The number of aliphatic imine (C=N–C) groups is 1. The molecule has 9 heteroatoms. The Hall–Kier alpha value is -4.27. The molecule has 4 aromatic rings. The number of hydrogen-bond acceptors (Lipinski definition) is 7. The molecule has 0 saturated heterocycles. The topological polar surface area (TPSA) is 121 Å². The molecule has 0 atom stereocenters. The number of dihydropyridines is 1. The SMILES string of the molecule is O=C1C=CC2=NN=NC2=N1.c1ccc2c(c1)[nH]c1ccccc12.c1nnco1. The van der Waals surface area contributed by atoms with Crippen LogP contribution in [0.15, 0.2) is 98.3 Å². The fourth-order valence-corrected chi connectivity index (χ4v) is 2.62. The second-order valence-electron chi connectivity index (χ2n) is 5.58. The van der Waals surface area contributed by atoms with Crippen molar-refractivity contribution in [3.05, 3.63) is 73.5 Å². The van der Waals surface area contributed by atoms with E-state index in [1.807, 2.05) is 0 Å². The number of amides is 1. The summed E-state index contributed by atoms with van der Waals surface area (Å²) in [4.78, 5) is 17.5. The van der Waals surface area contributed by atoms with Crippen LogP contribution in [0.25, 0.3) is 21.8 Å². The number of amidine groups is 1. The number of fused-ring (bicyclic) bond motifs is 4. The lowest BCUT2D eigenvalue weighted by atomic mass is 10.2. The van der Waals surface area contributed by atoms with E-state index in [9.17, 15) is 4.79 Å². The molecule has 1 amide bonds. The predicted octanol–water partition coefficient (Wildman–Crippen LogP) is 3.69. The Labute approximate surface area is 158 Å². The third-order valence-electron chi connectivity index (χ3n) is 3.82. The fourth-order valence-electron chi connectivity index (χ4n) is 2.62. The fraction of sp³-hybridized carbons (Fsp3) is 0. The predicted molar refractivity (Wildman–Crippen MR) is 104 cm³/mol. The first kappa shape index (κ1) is 17.2. The number of benzene rings is 2. The van der Waals surface area contributed by atoms with E-state index >= 15 is 0 Å². The summed E-state index contributed by atoms with van der Waals surface area (Å²) in [5.74, 6) is 0.00213. The molecule has 2 aliphatic rings. The molecule has 9 nitrogen and oxygen atoms in total. The van der Waals surface area contributed by atoms with Crippen LogP contribution in [0.4, 0.5) is 0 Å². The monoisotopic (exact) mass is 371 g/mol. The van der Waals surface area contributed by atoms with Gasteiger partial charge in [-0.25, -0.2) is 0 Å². The molecular weight excluding hydrogens is 358 g/mol. The molecule has 6 rings (SSSR count). The highest BCUT2D eigenvalue weighted by Crippen LogP contribution is 2.24. The molecule has 0 spiro atoms. The molecular formula is C19H13N7O2. The molecule has 1 N–H and O–H groups in total. The van der Waals surface area contributed by atoms with E-state index in [-0.39, 0.29) is 5.91 Å². The summed E-state index contributed by atoms with van der Waals surface area (Å²) in [6.07, 6.45) is 5.41. The molecule has 0 fully saturated rings. The maximum Gasteiger partial charge on any atom is 0.271 e. The van der Waals surface area contributed by atoms with E-state index in [0.29, 0.717) is 11.5 Å². The quantitative estimate of drug-likeness (QED) is 0.506. The van der Waals surface area contributed by atoms with Gasteiger partial charge in [-0.15, -0.1) is 20.4 Å². The molecule has 2 aromatic carbocycles. The van der Waals surface area contributed by atoms with E-state index < -0.39 is 0 Å². The van der Waals surface area contributed by atoms with Crippen molar-refractivity contribution in [3.63, 3.8) is 0 Å². The van der Waals surface area contributed by atoms with Crippen LogP contribution >= 0.6 is 0 Å². The molecule has 0 radical (unpaired) electrons. The number of nitrogens with one attached hydrogen (secondary N) is 1. The van der Waals surface area contributed by atoms with Gasteiger partial charge in [0, 0.05) is 27.9 Å². The van der Waals surface area contributed by atoms with Crippen LogP contribution in [0.1, 0.15) is 0 Å². The number of hydrogen-bond donors (Lipinski definition) is 1. The Bertz CT molecular complexity index is 1170. The minimum atomic E-state index is -0.310. The molecule has 0 bridgehead atoms. The summed E-state index contributed by atoms with van der Waals surface area (Å²) in [5, 5.41) is 19.7. The summed E-state index contributed by atoms with van der Waals surface area (Å²) in [7, 11) is 0. The normalized spacial score (nSPS) is 13.9. The van der Waals surface area contributed by atoms with E-state index in [2.05, 4.69) is 88.6 Å². The first-order valence-electron chi connectivity index (χ1n) is 8.25. The second-order valence-corrected chi connectivity index (χ2v) is 5.58. The Morgan fingerprint density at radius 2 is 1.46 bits per heavy atom. The summed E-state index contributed by atoms with van der Waals surface area (Å²) in [5.41, 5.74) is 2.98. The largest absolute Gasteiger partial charge is 0.431 e. The number of nitrogens with zero attached hydrogens (tertiary/aromatic N) is 6. The van der Waals surface area contributed by atoms with Crippen LogP contribution in [0, 0.1) is 0 Å². The zero-order valence-corrected chi connectivity index (χ0v) is 14.4. The zero-order valence-electron chi connectivity index (χ0n) is 14.4. The van der Waals surface area contributed by atoms with Gasteiger partial charge >= 0.3 is 0 Å². The molecule has 2 aromatic heterocycles. The van der Waals surface area contributed by atoms with Gasteiger partial charge in [0.1, 0.15) is 5.71 Å². The Balaban J connectivity index is 0.000000113. The molecule has 136 valence electrons. The molecule has 2 aliphatic heterocycles. The summed E-state index contributed by atoms with van der Waals surface area (Å²) in [6, 6.07) is 16.8. The number of para-hydroxylation sites is 2. The van der Waals surface area contributed by atoms with Gasteiger partial charge in [-0.2, -0.15) is 4.99 Å². The van der Waals surface area contributed by atoms with Crippen LogP contribution < -0.4 is 0 Å². The Kier molecular flexibility index (Phi) is 4.88. The lowest BCUT2D eigenvalue weighted by Gasteiger charge is -1.94. The molecule has 0 aliphatic carbocycles. The summed E-state index contributed by atoms with van der Waals surface area (Å²) < 4.78 is 4.36. The van der Waals surface area contributed by atoms with Gasteiger partial charge < -0.3 is 9.40 Å². The number of aromatic nitrogens is 3. The van der Waals surface area contributed by atoms with Gasteiger partial charge in [-0.3, -0.25) is 4.79 Å². The minimum Gasteiger partial charge on any atom is -0.431 e. The van der Waals surface area contributed by atoms with Crippen LogP contribution in [0.3, 0.4) is 0 Å². The molecule has 0 unspecified atom stereocenters. The number of carbonyl (C=O) groups excluding carboxylic acids is 1. The van der Waals surface area contributed by atoms with Crippen molar-refractivity contribution in [2.75, 3.05) is 0 Å². The highest BCUT2D eigenvalue weighted by atomic mass is 16.3. The third-order valence-corrected chi connectivity index (χ3v) is 3.82. The molecule has 4 heterocycles. The highest BCUT2D eigenvalue weighted by molar-refractivity contribution is 6.49. The van der Waals surface area contributed by atoms with Crippen molar-refractivity contribution in [2.24, 2.45) is 20.4 Å². The van der Waals surface area contributed by atoms with Crippen LogP contribution in [-0.4, -0.2) is 32.6 Å². The summed E-state index contributed by atoms with van der Waals surface area (Å²) in [6.45, 7) is 0. The van der Waals surface area contributed by atoms with Crippen LogP contribution in [-0.2, 0) is 4.79 Å². The van der Waals surface area contributed by atoms with Crippen LogP contribution in [0.5, 0.6) is 0 Å². The van der Waals surface area contributed by atoms with Crippen molar-refractivity contribution in [1.82, 2.24) is 15.2 Å². The maximum absolute atomic E-state index is 10.6. The van der Waals surface area contributed by atoms with Gasteiger partial charge in [0.15, 0.2) is 0 Å². The van der Waals surface area contributed by atoms with E-state index in [1.54, 1.807) is 6.08 Å². The van der Waals surface area contributed by atoms with Gasteiger partial charge in [-0.1, -0.05) is 36.4 Å². The van der Waals surface area contributed by atoms with Crippen molar-refractivity contribution in [3.8, 4) is 0 Å². The number of aromatic amines is 1. The van der Waals surface area contributed by atoms with E-state index in [4.69, 9.17) is 0 Å². The van der Waals surface area contributed by atoms with E-state index in [1.165, 1.54) is 40.7 Å². The molecule has 0 saturated carbocycles. The van der Waals surface area contributed by atoms with E-state index in [0.717, 1.165) is 0 Å². The average molecular weight is 371 g/mol. The van der Waals surface area contributed by atoms with Gasteiger partial charge in [0.05, 0.1) is 0 Å². The van der Waals surface area contributed by atoms with Gasteiger partial charge in [0.2, 0.25) is 18.6 Å². The highest BCUT2D eigenvalue weighted by Gasteiger charge is 2.16. The first-order valence-corrected chi connectivity index (χ1v) is 8.25. The lowest BCUT2D eigenvalue weighted by Crippen LogP contribution is -2.12. The smallest absolute Gasteiger partial charge is 0.271 e. The molecule has 28 heavy (non-hydrogen) atoms. The van der Waals surface area contributed by atoms with Gasteiger partial charge in [0.25, 0.3) is 5.91 Å². The lowest BCUT2D eigenvalue weighted by molar-refractivity contribution is -0.113. The number of carbonyl (C=O) groups is 1. The maximum atomic E-state index is 10.6. The Morgan fingerprint density at radius 3 is 2.07 bits per heavy atom. The zero-order chi connectivity index (χ0) is 19.2. The number of rotatable bonds is 0. The first-order chi connectivity index (χ1) is 13.8. The third kappa shape index (κ3) is 3.78. The van der Waals surface area contributed by atoms with Crippen molar-refractivity contribution >= 4 is 39.3 Å².